The first-order valence-corrected chi connectivity index (χ1v) is 8.29. The molecular formula is C17H14BrN5O3. The molecule has 0 saturated heterocycles. The van der Waals surface area contributed by atoms with Crippen LogP contribution in [0.5, 0.6) is 5.75 Å². The molecule has 8 nitrogen and oxygen atoms in total. The van der Waals surface area contributed by atoms with Crippen LogP contribution in [0.25, 0.3) is 0 Å². The van der Waals surface area contributed by atoms with Crippen LogP contribution >= 0.6 is 15.9 Å². The van der Waals surface area contributed by atoms with E-state index in [-0.39, 0.29) is 17.3 Å². The molecule has 132 valence electrons. The Labute approximate surface area is 157 Å². The topological polar surface area (TPSA) is 102 Å². The van der Waals surface area contributed by atoms with Gasteiger partial charge >= 0.3 is 5.69 Å². The standard InChI is InChI=1S/C17H14BrN5O3/c1-26-14-7-5-12(6-8-14)21-16-15(23(24)25)17(20-10-19-16)22-13-4-2-3-11(18)9-13/h2-10H,1H3,(H2,19,20,21,22). The second-order valence-corrected chi connectivity index (χ2v) is 6.08. The van der Waals surface area contributed by atoms with Crippen LogP contribution in [0.4, 0.5) is 28.7 Å². The van der Waals surface area contributed by atoms with Gasteiger partial charge in [-0.05, 0) is 42.5 Å². The fourth-order valence-electron chi connectivity index (χ4n) is 2.25. The molecule has 1 heterocycles. The van der Waals surface area contributed by atoms with Crippen LogP contribution < -0.4 is 15.4 Å². The third-order valence-electron chi connectivity index (χ3n) is 3.44. The number of methoxy groups -OCH3 is 1. The van der Waals surface area contributed by atoms with Gasteiger partial charge in [-0.25, -0.2) is 9.97 Å². The van der Waals surface area contributed by atoms with E-state index in [4.69, 9.17) is 4.74 Å². The van der Waals surface area contributed by atoms with Crippen molar-refractivity contribution in [3.63, 3.8) is 0 Å². The van der Waals surface area contributed by atoms with Gasteiger partial charge in [-0.1, -0.05) is 22.0 Å². The summed E-state index contributed by atoms with van der Waals surface area (Å²) in [6, 6.07) is 14.2. The first kappa shape index (κ1) is 17.6. The Hall–Kier alpha value is -3.20. The predicted octanol–water partition coefficient (Wildman–Crippen LogP) is 4.64. The number of hydrogen-bond acceptors (Lipinski definition) is 7. The highest BCUT2D eigenvalue weighted by molar-refractivity contribution is 9.10. The molecule has 0 unspecified atom stereocenters. The van der Waals surface area contributed by atoms with E-state index in [0.29, 0.717) is 17.1 Å². The van der Waals surface area contributed by atoms with Crippen LogP contribution in [0, 0.1) is 10.1 Å². The van der Waals surface area contributed by atoms with E-state index >= 15 is 0 Å². The summed E-state index contributed by atoms with van der Waals surface area (Å²) in [6.07, 6.45) is 1.26. The number of nitrogens with one attached hydrogen (secondary N) is 2. The van der Waals surface area contributed by atoms with E-state index in [2.05, 4.69) is 36.5 Å². The van der Waals surface area contributed by atoms with Crippen LogP contribution in [0.3, 0.4) is 0 Å². The molecule has 0 spiro atoms. The fraction of sp³-hybridized carbons (Fsp3) is 0.0588. The lowest BCUT2D eigenvalue weighted by Crippen LogP contribution is -2.05. The average molecular weight is 416 g/mol. The lowest BCUT2D eigenvalue weighted by molar-refractivity contribution is -0.383. The molecule has 0 fully saturated rings. The van der Waals surface area contributed by atoms with Crippen molar-refractivity contribution in [1.29, 1.82) is 0 Å². The van der Waals surface area contributed by atoms with Crippen LogP contribution in [-0.2, 0) is 0 Å². The van der Waals surface area contributed by atoms with Gasteiger partial charge in [0.1, 0.15) is 12.1 Å². The van der Waals surface area contributed by atoms with Gasteiger partial charge in [0, 0.05) is 15.8 Å². The van der Waals surface area contributed by atoms with Gasteiger partial charge in [-0.3, -0.25) is 10.1 Å². The minimum absolute atomic E-state index is 0.0904. The van der Waals surface area contributed by atoms with Crippen LogP contribution in [0.2, 0.25) is 0 Å². The Morgan fingerprint density at radius 2 is 1.69 bits per heavy atom. The van der Waals surface area contributed by atoms with Gasteiger partial charge in [-0.2, -0.15) is 0 Å². The SMILES string of the molecule is COc1ccc(Nc2ncnc(Nc3cccc(Br)c3)c2[N+](=O)[O-])cc1. The van der Waals surface area contributed by atoms with E-state index in [1.165, 1.54) is 6.33 Å². The number of nitrogens with zero attached hydrogens (tertiary/aromatic N) is 3. The number of hydrogen-bond donors (Lipinski definition) is 2. The van der Waals surface area contributed by atoms with Gasteiger partial charge < -0.3 is 15.4 Å². The molecule has 0 aliphatic rings. The minimum Gasteiger partial charge on any atom is -0.497 e. The van der Waals surface area contributed by atoms with Gasteiger partial charge in [0.15, 0.2) is 0 Å². The number of rotatable bonds is 6. The Morgan fingerprint density at radius 3 is 2.27 bits per heavy atom. The molecule has 2 aromatic carbocycles. The van der Waals surface area contributed by atoms with Gasteiger partial charge in [0.05, 0.1) is 12.0 Å². The zero-order valence-corrected chi connectivity index (χ0v) is 15.2. The van der Waals surface area contributed by atoms with E-state index in [9.17, 15) is 10.1 Å². The molecule has 9 heteroatoms. The zero-order chi connectivity index (χ0) is 18.5. The highest BCUT2D eigenvalue weighted by atomic mass is 79.9. The molecule has 0 aliphatic heterocycles. The summed E-state index contributed by atoms with van der Waals surface area (Å²) in [6.45, 7) is 0. The summed E-state index contributed by atoms with van der Waals surface area (Å²) >= 11 is 3.36. The first-order chi connectivity index (χ1) is 12.6. The molecule has 0 saturated carbocycles. The number of halogens is 1. The number of benzene rings is 2. The lowest BCUT2D eigenvalue weighted by Gasteiger charge is -2.10. The summed E-state index contributed by atoms with van der Waals surface area (Å²) < 4.78 is 5.94. The second-order valence-electron chi connectivity index (χ2n) is 5.17. The van der Waals surface area contributed by atoms with E-state index < -0.39 is 4.92 Å². The summed E-state index contributed by atoms with van der Waals surface area (Å²) in [5, 5.41) is 17.5. The molecule has 0 atom stereocenters. The third kappa shape index (κ3) is 4.06. The smallest absolute Gasteiger partial charge is 0.353 e. The summed E-state index contributed by atoms with van der Waals surface area (Å²) in [7, 11) is 1.57. The number of ether oxygens (including phenoxy) is 1. The Kier molecular flexibility index (Phi) is 5.28. The maximum atomic E-state index is 11.6. The maximum absolute atomic E-state index is 11.6. The van der Waals surface area contributed by atoms with Crippen molar-refractivity contribution in [2.24, 2.45) is 0 Å². The van der Waals surface area contributed by atoms with Crippen molar-refractivity contribution in [1.82, 2.24) is 9.97 Å². The molecule has 3 rings (SSSR count). The van der Waals surface area contributed by atoms with Crippen molar-refractivity contribution in [2.45, 2.75) is 0 Å². The second kappa shape index (κ2) is 7.79. The zero-order valence-electron chi connectivity index (χ0n) is 13.6. The molecule has 2 N–H and O–H groups in total. The van der Waals surface area contributed by atoms with Crippen LogP contribution in [-0.4, -0.2) is 22.0 Å². The molecule has 3 aromatic rings. The predicted molar refractivity (Wildman–Crippen MR) is 102 cm³/mol. The van der Waals surface area contributed by atoms with Crippen molar-refractivity contribution < 1.29 is 9.66 Å². The minimum atomic E-state index is -0.522. The normalized spacial score (nSPS) is 10.2. The van der Waals surface area contributed by atoms with Gasteiger partial charge in [0.25, 0.3) is 0 Å². The molecule has 1 aromatic heterocycles. The molecule has 0 aliphatic carbocycles. The number of aromatic nitrogens is 2. The maximum Gasteiger partial charge on any atom is 0.353 e. The van der Waals surface area contributed by atoms with Crippen molar-refractivity contribution in [3.8, 4) is 5.75 Å². The van der Waals surface area contributed by atoms with E-state index in [0.717, 1.165) is 4.47 Å². The van der Waals surface area contributed by atoms with Crippen molar-refractivity contribution >= 4 is 44.6 Å². The molecule has 0 amide bonds. The van der Waals surface area contributed by atoms with E-state index in [1.54, 1.807) is 43.5 Å². The largest absolute Gasteiger partial charge is 0.497 e. The fourth-order valence-corrected chi connectivity index (χ4v) is 2.65. The van der Waals surface area contributed by atoms with Gasteiger partial charge in [0.2, 0.25) is 11.6 Å². The van der Waals surface area contributed by atoms with Crippen molar-refractivity contribution in [2.75, 3.05) is 17.7 Å². The summed E-state index contributed by atoms with van der Waals surface area (Å²) in [5.74, 6) is 0.872. The van der Waals surface area contributed by atoms with Gasteiger partial charge in [-0.15, -0.1) is 0 Å². The molecular weight excluding hydrogens is 402 g/mol. The Balaban J connectivity index is 1.93. The highest BCUT2D eigenvalue weighted by Crippen LogP contribution is 2.33. The monoisotopic (exact) mass is 415 g/mol. The van der Waals surface area contributed by atoms with Crippen LogP contribution in [0.15, 0.2) is 59.3 Å². The van der Waals surface area contributed by atoms with E-state index in [1.807, 2.05) is 12.1 Å². The summed E-state index contributed by atoms with van der Waals surface area (Å²) in [5.41, 5.74) is 1.06. The lowest BCUT2D eigenvalue weighted by atomic mass is 10.3. The summed E-state index contributed by atoms with van der Waals surface area (Å²) in [4.78, 5) is 19.1. The quantitative estimate of drug-likeness (QED) is 0.446. The molecule has 26 heavy (non-hydrogen) atoms. The molecule has 0 bridgehead atoms. The Bertz CT molecular complexity index is 934. The number of anilines is 4. The first-order valence-electron chi connectivity index (χ1n) is 7.50. The highest BCUT2D eigenvalue weighted by Gasteiger charge is 2.23. The number of nitro groups is 1. The molecule has 0 radical (unpaired) electrons. The van der Waals surface area contributed by atoms with Crippen LogP contribution in [0.1, 0.15) is 0 Å². The third-order valence-corrected chi connectivity index (χ3v) is 3.94. The Morgan fingerprint density at radius 1 is 1.04 bits per heavy atom. The average Bonchev–Trinajstić information content (AvgIpc) is 2.62. The van der Waals surface area contributed by atoms with Crippen molar-refractivity contribution in [3.05, 3.63) is 69.4 Å².